The van der Waals surface area contributed by atoms with Gasteiger partial charge < -0.3 is 16.8 Å². The number of aromatic amines is 1. The molecular formula is C11H10ClN5O2. The maximum Gasteiger partial charge on any atom is 0.256 e. The van der Waals surface area contributed by atoms with Crippen molar-refractivity contribution < 1.29 is 9.59 Å². The summed E-state index contributed by atoms with van der Waals surface area (Å²) in [5.41, 5.74) is 11.4. The number of carbonyl (C=O) groups is 2. The van der Waals surface area contributed by atoms with Crippen LogP contribution < -0.4 is 16.8 Å². The lowest BCUT2D eigenvalue weighted by Gasteiger charge is -2.05. The van der Waals surface area contributed by atoms with Crippen molar-refractivity contribution in [1.29, 1.82) is 0 Å². The predicted molar refractivity (Wildman–Crippen MR) is 70.9 cm³/mol. The van der Waals surface area contributed by atoms with E-state index in [4.69, 9.17) is 23.1 Å². The molecule has 8 heteroatoms. The van der Waals surface area contributed by atoms with Gasteiger partial charge in [-0.15, -0.1) is 0 Å². The van der Waals surface area contributed by atoms with Gasteiger partial charge in [-0.1, -0.05) is 11.6 Å². The van der Waals surface area contributed by atoms with Crippen LogP contribution >= 0.6 is 11.6 Å². The number of nitrogens with zero attached hydrogens (tertiary/aromatic N) is 1. The number of nitrogens with one attached hydrogen (secondary N) is 2. The maximum atomic E-state index is 11.9. The number of hydrogen-bond acceptors (Lipinski definition) is 4. The Balaban J connectivity index is 2.23. The Morgan fingerprint density at radius 1 is 1.37 bits per heavy atom. The van der Waals surface area contributed by atoms with E-state index in [2.05, 4.69) is 15.5 Å². The summed E-state index contributed by atoms with van der Waals surface area (Å²) >= 11 is 5.76. The lowest BCUT2D eigenvalue weighted by molar-refractivity contribution is 0.100. The van der Waals surface area contributed by atoms with Crippen LogP contribution in [0.25, 0.3) is 0 Å². The zero-order valence-electron chi connectivity index (χ0n) is 9.61. The minimum Gasteiger partial charge on any atom is -0.398 e. The first-order valence-corrected chi connectivity index (χ1v) is 5.56. The molecule has 6 N–H and O–H groups in total. The van der Waals surface area contributed by atoms with E-state index in [1.165, 1.54) is 24.4 Å². The van der Waals surface area contributed by atoms with E-state index < -0.39 is 11.8 Å². The van der Waals surface area contributed by atoms with Gasteiger partial charge in [0.15, 0.2) is 0 Å². The third kappa shape index (κ3) is 2.66. The summed E-state index contributed by atoms with van der Waals surface area (Å²) in [4.78, 5) is 23.0. The van der Waals surface area contributed by atoms with E-state index in [1.54, 1.807) is 0 Å². The summed E-state index contributed by atoms with van der Waals surface area (Å²) in [7, 11) is 0. The zero-order chi connectivity index (χ0) is 14.0. The SMILES string of the molecule is NC(=O)c1cn[nH]c1NC(=O)c1ccc(Cl)c(N)c1. The highest BCUT2D eigenvalue weighted by Gasteiger charge is 2.14. The molecular weight excluding hydrogens is 270 g/mol. The average Bonchev–Trinajstić information content (AvgIpc) is 2.80. The summed E-state index contributed by atoms with van der Waals surface area (Å²) in [5.74, 6) is -1.03. The minimum atomic E-state index is -0.695. The smallest absolute Gasteiger partial charge is 0.256 e. The molecule has 2 aromatic rings. The van der Waals surface area contributed by atoms with Crippen LogP contribution in [0.5, 0.6) is 0 Å². The summed E-state index contributed by atoms with van der Waals surface area (Å²) in [6.07, 6.45) is 1.23. The lowest BCUT2D eigenvalue weighted by Crippen LogP contribution is -2.17. The molecule has 0 unspecified atom stereocenters. The summed E-state index contributed by atoms with van der Waals surface area (Å²) in [6, 6.07) is 4.44. The van der Waals surface area contributed by atoms with Gasteiger partial charge in [0.05, 0.1) is 16.9 Å². The molecule has 98 valence electrons. The Hall–Kier alpha value is -2.54. The number of nitrogens with two attached hydrogens (primary N) is 2. The number of halogens is 1. The molecule has 2 rings (SSSR count). The Morgan fingerprint density at radius 3 is 2.74 bits per heavy atom. The second-order valence-corrected chi connectivity index (χ2v) is 4.12. The van der Waals surface area contributed by atoms with Crippen molar-refractivity contribution in [2.24, 2.45) is 5.73 Å². The zero-order valence-corrected chi connectivity index (χ0v) is 10.4. The molecule has 0 aliphatic carbocycles. The highest BCUT2D eigenvalue weighted by molar-refractivity contribution is 6.33. The van der Waals surface area contributed by atoms with E-state index in [-0.39, 0.29) is 17.1 Å². The molecule has 1 heterocycles. The monoisotopic (exact) mass is 279 g/mol. The summed E-state index contributed by atoms with van der Waals surface area (Å²) in [5, 5.41) is 8.94. The van der Waals surface area contributed by atoms with Gasteiger partial charge in [-0.05, 0) is 18.2 Å². The van der Waals surface area contributed by atoms with Gasteiger partial charge in [0.25, 0.3) is 11.8 Å². The number of aromatic nitrogens is 2. The van der Waals surface area contributed by atoms with Gasteiger partial charge in [-0.25, -0.2) is 0 Å². The number of rotatable bonds is 3. The number of primary amides is 1. The number of amides is 2. The molecule has 0 aliphatic rings. The highest BCUT2D eigenvalue weighted by Crippen LogP contribution is 2.20. The van der Waals surface area contributed by atoms with Gasteiger partial charge in [-0.3, -0.25) is 14.7 Å². The molecule has 0 spiro atoms. The van der Waals surface area contributed by atoms with Crippen LogP contribution in [-0.2, 0) is 0 Å². The third-order valence-corrected chi connectivity index (χ3v) is 2.75. The number of benzene rings is 1. The predicted octanol–water partition coefficient (Wildman–Crippen LogP) is 0.996. The molecule has 1 aromatic heterocycles. The van der Waals surface area contributed by atoms with Crippen molar-refractivity contribution in [1.82, 2.24) is 10.2 Å². The van der Waals surface area contributed by atoms with Crippen molar-refractivity contribution in [2.75, 3.05) is 11.1 Å². The number of hydrogen-bond donors (Lipinski definition) is 4. The van der Waals surface area contributed by atoms with Crippen molar-refractivity contribution >= 4 is 34.9 Å². The average molecular weight is 280 g/mol. The standard InChI is InChI=1S/C11H10ClN5O2/c12-7-2-1-5(3-8(7)13)11(19)16-10-6(9(14)18)4-15-17-10/h1-4H,13H2,(H2,14,18)(H2,15,16,17,19). The Kier molecular flexibility index (Phi) is 3.39. The first-order chi connectivity index (χ1) is 8.99. The van der Waals surface area contributed by atoms with Crippen molar-refractivity contribution in [3.8, 4) is 0 Å². The summed E-state index contributed by atoms with van der Waals surface area (Å²) < 4.78 is 0. The van der Waals surface area contributed by atoms with Crippen LogP contribution in [0.1, 0.15) is 20.7 Å². The second kappa shape index (κ2) is 4.99. The Morgan fingerprint density at radius 2 is 2.11 bits per heavy atom. The van der Waals surface area contributed by atoms with Crippen LogP contribution in [0.3, 0.4) is 0 Å². The van der Waals surface area contributed by atoms with E-state index in [1.807, 2.05) is 0 Å². The van der Waals surface area contributed by atoms with Crippen LogP contribution in [0.2, 0.25) is 5.02 Å². The lowest BCUT2D eigenvalue weighted by atomic mass is 10.2. The molecule has 0 saturated carbocycles. The van der Waals surface area contributed by atoms with Crippen LogP contribution in [0, 0.1) is 0 Å². The number of nitrogen functional groups attached to an aromatic ring is 1. The van der Waals surface area contributed by atoms with Gasteiger partial charge in [0.1, 0.15) is 11.4 Å². The number of carbonyl (C=O) groups excluding carboxylic acids is 2. The van der Waals surface area contributed by atoms with Crippen LogP contribution in [0.4, 0.5) is 11.5 Å². The summed E-state index contributed by atoms with van der Waals surface area (Å²) in [6.45, 7) is 0. The first kappa shape index (κ1) is 12.9. The molecule has 0 atom stereocenters. The fourth-order valence-corrected chi connectivity index (χ4v) is 1.56. The molecule has 0 bridgehead atoms. The first-order valence-electron chi connectivity index (χ1n) is 5.18. The van der Waals surface area contributed by atoms with Crippen molar-refractivity contribution in [3.63, 3.8) is 0 Å². The highest BCUT2D eigenvalue weighted by atomic mass is 35.5. The van der Waals surface area contributed by atoms with E-state index in [9.17, 15) is 9.59 Å². The van der Waals surface area contributed by atoms with Gasteiger partial charge >= 0.3 is 0 Å². The van der Waals surface area contributed by atoms with Crippen molar-refractivity contribution in [3.05, 3.63) is 40.5 Å². The normalized spacial score (nSPS) is 10.2. The Labute approximate surface area is 112 Å². The molecule has 7 nitrogen and oxygen atoms in total. The maximum absolute atomic E-state index is 11.9. The molecule has 0 radical (unpaired) electrons. The quantitative estimate of drug-likeness (QED) is 0.625. The topological polar surface area (TPSA) is 127 Å². The molecule has 1 aromatic carbocycles. The van der Waals surface area contributed by atoms with E-state index >= 15 is 0 Å². The van der Waals surface area contributed by atoms with E-state index in [0.717, 1.165) is 0 Å². The number of H-pyrrole nitrogens is 1. The van der Waals surface area contributed by atoms with Gasteiger partial charge in [0.2, 0.25) is 0 Å². The molecule has 0 saturated heterocycles. The fourth-order valence-electron chi connectivity index (χ4n) is 1.44. The molecule has 19 heavy (non-hydrogen) atoms. The van der Waals surface area contributed by atoms with Crippen molar-refractivity contribution in [2.45, 2.75) is 0 Å². The fraction of sp³-hybridized carbons (Fsp3) is 0. The van der Waals surface area contributed by atoms with Gasteiger partial charge in [-0.2, -0.15) is 5.10 Å². The minimum absolute atomic E-state index is 0.0929. The Bertz CT molecular complexity index is 652. The largest absolute Gasteiger partial charge is 0.398 e. The molecule has 0 aliphatic heterocycles. The van der Waals surface area contributed by atoms with Crippen LogP contribution in [-0.4, -0.2) is 22.0 Å². The third-order valence-electron chi connectivity index (χ3n) is 2.40. The number of anilines is 2. The van der Waals surface area contributed by atoms with E-state index in [0.29, 0.717) is 10.6 Å². The molecule has 2 amide bonds. The van der Waals surface area contributed by atoms with Gasteiger partial charge in [0, 0.05) is 5.56 Å². The second-order valence-electron chi connectivity index (χ2n) is 3.71. The van der Waals surface area contributed by atoms with Crippen LogP contribution in [0.15, 0.2) is 24.4 Å². The molecule has 0 fully saturated rings.